The molecule has 152 valence electrons. The van der Waals surface area contributed by atoms with Crippen LogP contribution in [0.4, 0.5) is 5.69 Å². The zero-order chi connectivity index (χ0) is 20.5. The van der Waals surface area contributed by atoms with Crippen molar-refractivity contribution in [1.29, 1.82) is 0 Å². The Morgan fingerprint density at radius 3 is 2.55 bits per heavy atom. The number of rotatable bonds is 10. The molecule has 0 fully saturated rings. The first kappa shape index (κ1) is 21.5. The van der Waals surface area contributed by atoms with Crippen LogP contribution in [0.15, 0.2) is 72.1 Å². The predicted molar refractivity (Wildman–Crippen MR) is 121 cm³/mol. The van der Waals surface area contributed by atoms with Crippen molar-refractivity contribution in [3.8, 4) is 0 Å². The average Bonchev–Trinajstić information content (AvgIpc) is 3.23. The number of anilines is 1. The van der Waals surface area contributed by atoms with Crippen molar-refractivity contribution in [2.45, 2.75) is 49.3 Å². The molecule has 0 spiro atoms. The molecule has 1 N–H and O–H groups in total. The molecule has 1 heterocycles. The Hall–Kier alpha value is -2.24. The molecule has 0 saturated carbocycles. The van der Waals surface area contributed by atoms with E-state index in [-0.39, 0.29) is 11.2 Å². The number of nitrogens with zero attached hydrogens (tertiary/aromatic N) is 2. The van der Waals surface area contributed by atoms with Crippen LogP contribution in [0.1, 0.15) is 43.4 Å². The molecule has 1 amide bonds. The lowest BCUT2D eigenvalue weighted by Gasteiger charge is -2.18. The fraction of sp³-hybridized carbons (Fsp3) is 0.304. The normalized spacial score (nSPS) is 11.9. The molecule has 0 aliphatic rings. The third kappa shape index (κ3) is 6.94. The first-order valence-corrected chi connectivity index (χ1v) is 11.2. The number of carbonyl (C=O) groups excluding carboxylic acids is 1. The van der Waals surface area contributed by atoms with Crippen LogP contribution >= 0.6 is 23.4 Å². The van der Waals surface area contributed by atoms with E-state index in [1.165, 1.54) is 5.56 Å². The number of aromatic nitrogens is 2. The Morgan fingerprint density at radius 1 is 1.14 bits per heavy atom. The minimum Gasteiger partial charge on any atom is -0.336 e. The van der Waals surface area contributed by atoms with Gasteiger partial charge in [-0.3, -0.25) is 4.79 Å². The van der Waals surface area contributed by atoms with Gasteiger partial charge in [-0.2, -0.15) is 0 Å². The average molecular weight is 428 g/mol. The maximum atomic E-state index is 12.0. The van der Waals surface area contributed by atoms with Crippen molar-refractivity contribution >= 4 is 35.0 Å². The molecule has 2 aromatic carbocycles. The number of hydrogen-bond acceptors (Lipinski definition) is 3. The highest BCUT2D eigenvalue weighted by atomic mass is 35.5. The van der Waals surface area contributed by atoms with E-state index >= 15 is 0 Å². The van der Waals surface area contributed by atoms with E-state index in [1.807, 2.05) is 36.8 Å². The molecule has 1 atom stereocenters. The number of halogens is 1. The van der Waals surface area contributed by atoms with Gasteiger partial charge in [-0.25, -0.2) is 4.98 Å². The standard InChI is InChI=1S/C23H26ClN3OS/c1-2-3-4-5-23(28)26-20-10-12-21(13-11-20)29-22(16-27-15-14-25-17-27)18-6-8-19(24)9-7-18/h6-15,17,22H,2-5,16H2,1H3,(H,26,28). The van der Waals surface area contributed by atoms with E-state index in [1.54, 1.807) is 18.0 Å². The second-order valence-corrected chi connectivity index (χ2v) is 8.66. The monoisotopic (exact) mass is 427 g/mol. The zero-order valence-electron chi connectivity index (χ0n) is 16.6. The summed E-state index contributed by atoms with van der Waals surface area (Å²) >= 11 is 7.85. The van der Waals surface area contributed by atoms with Gasteiger partial charge in [0.2, 0.25) is 5.91 Å². The van der Waals surface area contributed by atoms with E-state index < -0.39 is 0 Å². The van der Waals surface area contributed by atoms with Crippen LogP contribution in [0.3, 0.4) is 0 Å². The van der Waals surface area contributed by atoms with Crippen LogP contribution in [0.5, 0.6) is 0 Å². The molecule has 29 heavy (non-hydrogen) atoms. The second-order valence-electron chi connectivity index (χ2n) is 6.95. The van der Waals surface area contributed by atoms with Crippen molar-refractivity contribution in [2.75, 3.05) is 5.32 Å². The van der Waals surface area contributed by atoms with Gasteiger partial charge < -0.3 is 9.88 Å². The molecule has 0 saturated heterocycles. The van der Waals surface area contributed by atoms with E-state index in [9.17, 15) is 4.79 Å². The van der Waals surface area contributed by atoms with Crippen molar-refractivity contribution < 1.29 is 4.79 Å². The Morgan fingerprint density at radius 2 is 1.90 bits per heavy atom. The van der Waals surface area contributed by atoms with Gasteiger partial charge >= 0.3 is 0 Å². The zero-order valence-corrected chi connectivity index (χ0v) is 18.1. The quantitative estimate of drug-likeness (QED) is 0.293. The fourth-order valence-electron chi connectivity index (χ4n) is 3.01. The summed E-state index contributed by atoms with van der Waals surface area (Å²) in [4.78, 5) is 17.3. The Labute approximate surface area is 181 Å². The minimum atomic E-state index is 0.0815. The highest BCUT2D eigenvalue weighted by molar-refractivity contribution is 7.99. The highest BCUT2D eigenvalue weighted by Crippen LogP contribution is 2.37. The lowest BCUT2D eigenvalue weighted by Crippen LogP contribution is -2.10. The molecule has 4 nitrogen and oxygen atoms in total. The molecule has 3 rings (SSSR count). The summed E-state index contributed by atoms with van der Waals surface area (Å²) in [6.07, 6.45) is 9.32. The van der Waals surface area contributed by atoms with Gasteiger partial charge in [0.15, 0.2) is 0 Å². The lowest BCUT2D eigenvalue weighted by molar-refractivity contribution is -0.116. The lowest BCUT2D eigenvalue weighted by atomic mass is 10.1. The molecule has 0 aliphatic carbocycles. The molecule has 6 heteroatoms. The van der Waals surface area contributed by atoms with Gasteiger partial charge in [-0.15, -0.1) is 11.8 Å². The van der Waals surface area contributed by atoms with Crippen LogP contribution in [0.2, 0.25) is 5.02 Å². The first-order chi connectivity index (χ1) is 14.1. The number of nitrogens with one attached hydrogen (secondary N) is 1. The first-order valence-electron chi connectivity index (χ1n) is 9.92. The number of thioether (sulfide) groups is 1. The number of imidazole rings is 1. The summed E-state index contributed by atoms with van der Waals surface area (Å²) in [6, 6.07) is 16.0. The summed E-state index contributed by atoms with van der Waals surface area (Å²) in [5.41, 5.74) is 2.05. The topological polar surface area (TPSA) is 46.9 Å². The summed E-state index contributed by atoms with van der Waals surface area (Å²) < 4.78 is 2.08. The van der Waals surface area contributed by atoms with Gasteiger partial charge in [0, 0.05) is 41.0 Å². The number of benzene rings is 2. The molecule has 0 bridgehead atoms. The third-order valence-electron chi connectivity index (χ3n) is 4.60. The Balaban J connectivity index is 1.65. The molecular formula is C23H26ClN3OS. The highest BCUT2D eigenvalue weighted by Gasteiger charge is 2.14. The van der Waals surface area contributed by atoms with Gasteiger partial charge in [0.1, 0.15) is 0 Å². The van der Waals surface area contributed by atoms with Gasteiger partial charge in [-0.1, -0.05) is 43.5 Å². The van der Waals surface area contributed by atoms with Crippen molar-refractivity contribution in [2.24, 2.45) is 0 Å². The van der Waals surface area contributed by atoms with Crippen molar-refractivity contribution in [3.05, 3.63) is 77.8 Å². The summed E-state index contributed by atoms with van der Waals surface area (Å²) in [6.45, 7) is 2.95. The summed E-state index contributed by atoms with van der Waals surface area (Å²) in [5.74, 6) is 0.0815. The van der Waals surface area contributed by atoms with Crippen LogP contribution in [-0.2, 0) is 11.3 Å². The van der Waals surface area contributed by atoms with E-state index in [2.05, 4.69) is 46.1 Å². The maximum Gasteiger partial charge on any atom is 0.224 e. The largest absolute Gasteiger partial charge is 0.336 e. The molecule has 1 unspecified atom stereocenters. The predicted octanol–water partition coefficient (Wildman–Crippen LogP) is 6.59. The van der Waals surface area contributed by atoms with E-state index in [4.69, 9.17) is 11.6 Å². The summed E-state index contributed by atoms with van der Waals surface area (Å²) in [7, 11) is 0. The van der Waals surface area contributed by atoms with Crippen LogP contribution in [0, 0.1) is 0 Å². The third-order valence-corrected chi connectivity index (χ3v) is 6.10. The Kier molecular flexibility index (Phi) is 8.20. The smallest absolute Gasteiger partial charge is 0.224 e. The van der Waals surface area contributed by atoms with Crippen LogP contribution in [0.25, 0.3) is 0 Å². The van der Waals surface area contributed by atoms with Gasteiger partial charge in [0.05, 0.1) is 11.6 Å². The number of hydrogen-bond donors (Lipinski definition) is 1. The second kappa shape index (κ2) is 11.1. The molecule has 1 aromatic heterocycles. The number of unbranched alkanes of at least 4 members (excludes halogenated alkanes) is 2. The maximum absolute atomic E-state index is 12.0. The fourth-order valence-corrected chi connectivity index (χ4v) is 4.30. The molecule has 3 aromatic rings. The molecule has 0 radical (unpaired) electrons. The van der Waals surface area contributed by atoms with Crippen molar-refractivity contribution in [3.63, 3.8) is 0 Å². The van der Waals surface area contributed by atoms with E-state index in [0.29, 0.717) is 6.42 Å². The number of carbonyl (C=O) groups is 1. The summed E-state index contributed by atoms with van der Waals surface area (Å²) in [5, 5.41) is 3.93. The molecule has 0 aliphatic heterocycles. The van der Waals surface area contributed by atoms with Crippen molar-refractivity contribution in [1.82, 2.24) is 9.55 Å². The van der Waals surface area contributed by atoms with Gasteiger partial charge in [0.25, 0.3) is 0 Å². The van der Waals surface area contributed by atoms with Gasteiger partial charge in [-0.05, 0) is 48.4 Å². The number of amides is 1. The Bertz CT molecular complexity index is 880. The molecular weight excluding hydrogens is 402 g/mol. The van der Waals surface area contributed by atoms with Crippen LogP contribution < -0.4 is 5.32 Å². The minimum absolute atomic E-state index is 0.0815. The van der Waals surface area contributed by atoms with E-state index in [0.717, 1.165) is 41.4 Å². The van der Waals surface area contributed by atoms with Crippen LogP contribution in [-0.4, -0.2) is 15.5 Å². The SMILES string of the molecule is CCCCCC(=O)Nc1ccc(SC(Cn2ccnc2)c2ccc(Cl)cc2)cc1.